The molecule has 4 heteroatoms. The number of aromatic nitrogens is 3. The molecule has 14 rings (SSSR count). The van der Waals surface area contributed by atoms with E-state index < -0.39 is 5.41 Å². The minimum absolute atomic E-state index is 0.336. The van der Waals surface area contributed by atoms with Crippen LogP contribution in [-0.4, -0.2) is 15.0 Å². The summed E-state index contributed by atoms with van der Waals surface area (Å²) in [6.45, 7) is 0. The van der Waals surface area contributed by atoms with E-state index in [0.717, 1.165) is 51.0 Å². The third-order valence-corrected chi connectivity index (χ3v) is 14.9. The number of rotatable bonds is 4. The Kier molecular flexibility index (Phi) is 6.86. The summed E-state index contributed by atoms with van der Waals surface area (Å²) < 4.78 is 0. The maximum absolute atomic E-state index is 10.1. The summed E-state index contributed by atoms with van der Waals surface area (Å²) >= 11 is 0. The summed E-state index contributed by atoms with van der Waals surface area (Å²) in [7, 11) is 0. The highest BCUT2D eigenvalue weighted by molar-refractivity contribution is 5.96. The highest BCUT2D eigenvalue weighted by Crippen LogP contribution is 2.63. The van der Waals surface area contributed by atoms with Crippen molar-refractivity contribution < 1.29 is 0 Å². The molecule has 0 amide bonds. The molecule has 280 valence electrons. The molecule has 7 aromatic carbocycles. The van der Waals surface area contributed by atoms with Crippen LogP contribution in [0.1, 0.15) is 71.9 Å². The van der Waals surface area contributed by atoms with E-state index in [1.807, 2.05) is 6.07 Å². The van der Waals surface area contributed by atoms with Crippen LogP contribution in [0.25, 0.3) is 67.2 Å². The van der Waals surface area contributed by atoms with Gasteiger partial charge in [0.15, 0.2) is 17.5 Å². The van der Waals surface area contributed by atoms with Crippen LogP contribution >= 0.6 is 0 Å². The van der Waals surface area contributed by atoms with Crippen LogP contribution in [0.2, 0.25) is 0 Å². The summed E-state index contributed by atoms with van der Waals surface area (Å²) in [5, 5.41) is 12.4. The summed E-state index contributed by atoms with van der Waals surface area (Å²) in [5.74, 6) is 4.72. The second-order valence-electron chi connectivity index (χ2n) is 18.1. The first-order chi connectivity index (χ1) is 29.1. The molecular formula is C55H40N4. The quantitative estimate of drug-likeness (QED) is 0.179. The second-order valence-corrected chi connectivity index (χ2v) is 18.1. The molecule has 0 radical (unpaired) electrons. The summed E-state index contributed by atoms with van der Waals surface area (Å²) in [4.78, 5) is 15.8. The van der Waals surface area contributed by atoms with E-state index in [4.69, 9.17) is 15.0 Å². The molecule has 1 spiro atoms. The van der Waals surface area contributed by atoms with Crippen molar-refractivity contribution in [1.29, 1.82) is 5.26 Å². The first kappa shape index (κ1) is 33.3. The molecule has 4 fully saturated rings. The summed E-state index contributed by atoms with van der Waals surface area (Å²) in [6.07, 6.45) is 8.38. The van der Waals surface area contributed by atoms with Crippen LogP contribution in [0.15, 0.2) is 152 Å². The van der Waals surface area contributed by atoms with Gasteiger partial charge in [-0.3, -0.25) is 0 Å². The molecule has 8 aromatic rings. The Morgan fingerprint density at radius 1 is 0.441 bits per heavy atom. The lowest BCUT2D eigenvalue weighted by atomic mass is 9.48. The first-order valence-electron chi connectivity index (χ1n) is 21.3. The van der Waals surface area contributed by atoms with Crippen molar-refractivity contribution in [1.82, 2.24) is 15.0 Å². The number of nitrogens with zero attached hydrogens (tertiary/aromatic N) is 4. The van der Waals surface area contributed by atoms with Gasteiger partial charge >= 0.3 is 0 Å². The Morgan fingerprint density at radius 2 is 0.966 bits per heavy atom. The molecule has 1 heterocycles. The zero-order valence-corrected chi connectivity index (χ0v) is 32.7. The van der Waals surface area contributed by atoms with Crippen molar-refractivity contribution >= 4 is 10.8 Å². The van der Waals surface area contributed by atoms with Gasteiger partial charge in [-0.05, 0) is 147 Å². The van der Waals surface area contributed by atoms with Crippen molar-refractivity contribution in [3.8, 4) is 62.5 Å². The van der Waals surface area contributed by atoms with E-state index in [9.17, 15) is 5.26 Å². The van der Waals surface area contributed by atoms with E-state index in [-0.39, 0.29) is 0 Å². The maximum Gasteiger partial charge on any atom is 0.164 e. The third-order valence-electron chi connectivity index (χ3n) is 14.9. The molecule has 59 heavy (non-hydrogen) atoms. The van der Waals surface area contributed by atoms with Gasteiger partial charge in [0.25, 0.3) is 0 Å². The van der Waals surface area contributed by atoms with Crippen LogP contribution in [0, 0.1) is 29.1 Å². The van der Waals surface area contributed by atoms with E-state index >= 15 is 0 Å². The Labute approximate surface area is 344 Å². The van der Waals surface area contributed by atoms with Gasteiger partial charge < -0.3 is 0 Å². The largest absolute Gasteiger partial charge is 0.208 e. The zero-order valence-electron chi connectivity index (χ0n) is 32.7. The topological polar surface area (TPSA) is 62.5 Å². The van der Waals surface area contributed by atoms with Crippen LogP contribution in [-0.2, 0) is 10.8 Å². The third kappa shape index (κ3) is 4.73. The predicted molar refractivity (Wildman–Crippen MR) is 235 cm³/mol. The normalized spacial score (nSPS) is 23.8. The maximum atomic E-state index is 10.1. The lowest BCUT2D eigenvalue weighted by Crippen LogP contribution is -2.48. The van der Waals surface area contributed by atoms with E-state index in [1.165, 1.54) is 82.9 Å². The average Bonchev–Trinajstić information content (AvgIpc) is 3.75. The van der Waals surface area contributed by atoms with Gasteiger partial charge in [0, 0.05) is 16.7 Å². The minimum Gasteiger partial charge on any atom is -0.208 e. The van der Waals surface area contributed by atoms with Crippen LogP contribution < -0.4 is 0 Å². The van der Waals surface area contributed by atoms with Crippen molar-refractivity contribution in [2.45, 2.75) is 49.4 Å². The molecule has 6 aliphatic rings. The Bertz CT molecular complexity index is 3080. The fourth-order valence-corrected chi connectivity index (χ4v) is 12.9. The van der Waals surface area contributed by atoms with Gasteiger partial charge in [-0.2, -0.15) is 5.26 Å². The van der Waals surface area contributed by atoms with Crippen molar-refractivity contribution in [3.05, 3.63) is 185 Å². The number of hydrogen-bond donors (Lipinski definition) is 0. The lowest BCUT2D eigenvalue weighted by Gasteiger charge is -2.57. The molecule has 4 saturated carbocycles. The van der Waals surface area contributed by atoms with Gasteiger partial charge in [0.05, 0.1) is 17.0 Å². The van der Waals surface area contributed by atoms with Crippen LogP contribution in [0.3, 0.4) is 0 Å². The van der Waals surface area contributed by atoms with Gasteiger partial charge in [0.1, 0.15) is 0 Å². The molecule has 0 aliphatic heterocycles. The van der Waals surface area contributed by atoms with E-state index in [2.05, 4.69) is 152 Å². The van der Waals surface area contributed by atoms with Gasteiger partial charge in [-0.1, -0.05) is 127 Å². The van der Waals surface area contributed by atoms with Crippen LogP contribution in [0.4, 0.5) is 0 Å². The van der Waals surface area contributed by atoms with E-state index in [0.29, 0.717) is 28.5 Å². The van der Waals surface area contributed by atoms with Gasteiger partial charge in [0.2, 0.25) is 0 Å². The molecule has 4 nitrogen and oxygen atoms in total. The summed E-state index contributed by atoms with van der Waals surface area (Å²) in [5.41, 5.74) is 14.5. The highest BCUT2D eigenvalue weighted by Gasteiger charge is 2.53. The van der Waals surface area contributed by atoms with Gasteiger partial charge in [-0.25, -0.2) is 15.0 Å². The van der Waals surface area contributed by atoms with Gasteiger partial charge in [-0.15, -0.1) is 0 Å². The molecule has 1 aromatic heterocycles. The molecular weight excluding hydrogens is 717 g/mol. The molecule has 1 atom stereocenters. The summed E-state index contributed by atoms with van der Waals surface area (Å²) in [6, 6.07) is 57.2. The Hall–Kier alpha value is -6.70. The molecule has 1 unspecified atom stereocenters. The average molecular weight is 757 g/mol. The smallest absolute Gasteiger partial charge is 0.164 e. The number of nitriles is 1. The number of fused-ring (bicyclic) bond motifs is 11. The second kappa shape index (κ2) is 12.2. The van der Waals surface area contributed by atoms with E-state index in [1.54, 1.807) is 0 Å². The monoisotopic (exact) mass is 756 g/mol. The first-order valence-corrected chi connectivity index (χ1v) is 21.3. The lowest BCUT2D eigenvalue weighted by molar-refractivity contribution is -0.00518. The molecule has 0 saturated heterocycles. The van der Waals surface area contributed by atoms with Crippen molar-refractivity contribution in [3.63, 3.8) is 0 Å². The predicted octanol–water partition coefficient (Wildman–Crippen LogP) is 12.7. The minimum atomic E-state index is -0.539. The van der Waals surface area contributed by atoms with Crippen molar-refractivity contribution in [2.75, 3.05) is 0 Å². The fraction of sp³-hybridized carbons (Fsp3) is 0.200. The standard InChI is InChI=1S/C55H40N4/c56-32-33-13-21-45-43-9-3-5-11-47(43)55(50(45)26-33)48-12-6-4-10-44(48)46-28-41(18-22-49(46)55)53-58-51(57-52(59-53)40-15-14-37-7-1-2-8-39(37)27-40)38-16-19-42(20-17-38)54-29-34-23-35(30-54)25-36(24-34)31-54/h1-22,26-28,34-36H,23-25,29-31H2. The zero-order chi connectivity index (χ0) is 38.9. The number of hydrogen-bond acceptors (Lipinski definition) is 4. The molecule has 0 N–H and O–H groups in total. The van der Waals surface area contributed by atoms with Crippen molar-refractivity contribution in [2.24, 2.45) is 17.8 Å². The molecule has 6 aliphatic carbocycles. The Balaban J connectivity index is 0.977. The fourth-order valence-electron chi connectivity index (χ4n) is 12.9. The number of benzene rings is 7. The molecule has 4 bridgehead atoms. The SMILES string of the molecule is N#Cc1ccc2c(c1)C1(c3ccccc3-c3cc(-c4nc(-c5ccc(C67CC8CC(CC(C8)C6)C7)cc5)nc(-c5ccc6ccccc6c5)n4)ccc31)c1ccccc1-2. The Morgan fingerprint density at radius 3 is 1.64 bits per heavy atom. The highest BCUT2D eigenvalue weighted by atomic mass is 15.0. The van der Waals surface area contributed by atoms with Crippen LogP contribution in [0.5, 0.6) is 0 Å².